The van der Waals surface area contributed by atoms with Crippen LogP contribution in [0.1, 0.15) is 26.3 Å². The van der Waals surface area contributed by atoms with Gasteiger partial charge in [-0.05, 0) is 44.5 Å². The summed E-state index contributed by atoms with van der Waals surface area (Å²) in [7, 11) is 0. The van der Waals surface area contributed by atoms with Crippen molar-refractivity contribution in [2.45, 2.75) is 20.8 Å². The van der Waals surface area contributed by atoms with Gasteiger partial charge in [-0.2, -0.15) is 0 Å². The Hall–Kier alpha value is -1.32. The predicted molar refractivity (Wildman–Crippen MR) is 76.1 cm³/mol. The van der Waals surface area contributed by atoms with E-state index in [4.69, 9.17) is 23.2 Å². The van der Waals surface area contributed by atoms with Crippen molar-refractivity contribution in [2.75, 3.05) is 0 Å². The van der Waals surface area contributed by atoms with Crippen molar-refractivity contribution in [3.8, 4) is 0 Å². The van der Waals surface area contributed by atoms with E-state index in [1.807, 2.05) is 0 Å². The average molecular weight is 301 g/mol. The van der Waals surface area contributed by atoms with Crippen LogP contribution < -0.4 is 0 Å². The molecule has 5 heteroatoms. The second kappa shape index (κ2) is 6.22. The lowest BCUT2D eigenvalue weighted by molar-refractivity contribution is -0.162. The van der Waals surface area contributed by atoms with E-state index < -0.39 is 17.4 Å². The quantitative estimate of drug-likeness (QED) is 0.469. The largest absolute Gasteiger partial charge is 0.389 e. The Balaban J connectivity index is 2.69. The minimum Gasteiger partial charge on any atom is -0.389 e. The summed E-state index contributed by atoms with van der Waals surface area (Å²) < 4.78 is 4.67. The Morgan fingerprint density at radius 2 is 1.79 bits per heavy atom. The van der Waals surface area contributed by atoms with Crippen molar-refractivity contribution in [3.05, 3.63) is 39.9 Å². The first kappa shape index (κ1) is 15.7. The number of hydrogen-bond donors (Lipinski definition) is 0. The Labute approximate surface area is 122 Å². The summed E-state index contributed by atoms with van der Waals surface area (Å²) in [4.78, 5) is 22.9. The molecular formula is C14H14Cl2O3. The molecule has 0 saturated heterocycles. The molecule has 0 fully saturated rings. The smallest absolute Gasteiger partial charge is 0.338 e. The van der Waals surface area contributed by atoms with Crippen LogP contribution in [0.25, 0.3) is 6.08 Å². The molecule has 0 aliphatic rings. The van der Waals surface area contributed by atoms with E-state index in [2.05, 4.69) is 4.74 Å². The summed E-state index contributed by atoms with van der Waals surface area (Å²) in [5.41, 5.74) is -0.0258. The van der Waals surface area contributed by atoms with Crippen LogP contribution in [-0.4, -0.2) is 11.9 Å². The van der Waals surface area contributed by atoms with Gasteiger partial charge in [0.1, 0.15) is 0 Å². The summed E-state index contributed by atoms with van der Waals surface area (Å²) in [6.07, 6.45) is 2.67. The maximum Gasteiger partial charge on any atom is 0.338 e. The number of hydrogen-bond acceptors (Lipinski definition) is 3. The summed E-state index contributed by atoms with van der Waals surface area (Å²) in [6, 6.07) is 4.93. The molecule has 0 radical (unpaired) electrons. The van der Waals surface area contributed by atoms with Crippen LogP contribution >= 0.6 is 23.2 Å². The van der Waals surface area contributed by atoms with Crippen molar-refractivity contribution < 1.29 is 14.3 Å². The van der Waals surface area contributed by atoms with Gasteiger partial charge < -0.3 is 4.74 Å². The molecule has 0 saturated carbocycles. The normalized spacial score (nSPS) is 11.6. The van der Waals surface area contributed by atoms with E-state index in [0.29, 0.717) is 15.6 Å². The van der Waals surface area contributed by atoms with Gasteiger partial charge in [0.15, 0.2) is 0 Å². The highest BCUT2D eigenvalue weighted by molar-refractivity contribution is 6.42. The second-order valence-electron chi connectivity index (χ2n) is 4.97. The van der Waals surface area contributed by atoms with Crippen molar-refractivity contribution in [1.82, 2.24) is 0 Å². The zero-order valence-electron chi connectivity index (χ0n) is 10.9. The first-order chi connectivity index (χ1) is 8.70. The van der Waals surface area contributed by atoms with Crippen LogP contribution in [0.5, 0.6) is 0 Å². The topological polar surface area (TPSA) is 43.4 Å². The van der Waals surface area contributed by atoms with Gasteiger partial charge in [0.05, 0.1) is 15.5 Å². The fourth-order valence-corrected chi connectivity index (χ4v) is 1.37. The van der Waals surface area contributed by atoms with Crippen LogP contribution in [0, 0.1) is 5.41 Å². The molecule has 102 valence electrons. The SMILES string of the molecule is CC(C)(C)C(=O)OC(=O)/C=C/c1ccc(Cl)c(Cl)c1. The minimum absolute atomic E-state index is 0.392. The third-order valence-electron chi connectivity index (χ3n) is 2.16. The Morgan fingerprint density at radius 1 is 1.16 bits per heavy atom. The molecule has 0 bridgehead atoms. The molecule has 0 N–H and O–H groups in total. The Kier molecular flexibility index (Phi) is 5.15. The molecule has 0 amide bonds. The van der Waals surface area contributed by atoms with Crippen LogP contribution in [0.2, 0.25) is 10.0 Å². The molecule has 1 rings (SSSR count). The molecule has 1 aromatic rings. The zero-order chi connectivity index (χ0) is 14.6. The number of esters is 2. The van der Waals surface area contributed by atoms with E-state index >= 15 is 0 Å². The van der Waals surface area contributed by atoms with E-state index in [-0.39, 0.29) is 0 Å². The number of carbonyl (C=O) groups excluding carboxylic acids is 2. The third kappa shape index (κ3) is 5.05. The molecule has 0 aliphatic heterocycles. The third-order valence-corrected chi connectivity index (χ3v) is 2.90. The van der Waals surface area contributed by atoms with Crippen LogP contribution in [0.4, 0.5) is 0 Å². The second-order valence-corrected chi connectivity index (χ2v) is 5.78. The first-order valence-corrected chi connectivity index (χ1v) is 6.35. The maximum absolute atomic E-state index is 11.5. The zero-order valence-corrected chi connectivity index (χ0v) is 12.4. The van der Waals surface area contributed by atoms with Crippen LogP contribution in [0.15, 0.2) is 24.3 Å². The molecular weight excluding hydrogens is 287 g/mol. The minimum atomic E-state index is -0.717. The maximum atomic E-state index is 11.5. The van der Waals surface area contributed by atoms with Gasteiger partial charge in [0.25, 0.3) is 0 Å². The summed E-state index contributed by atoms with van der Waals surface area (Å²) in [6.45, 7) is 5.02. The van der Waals surface area contributed by atoms with Gasteiger partial charge >= 0.3 is 11.9 Å². The van der Waals surface area contributed by atoms with Gasteiger partial charge in [-0.3, -0.25) is 4.79 Å². The average Bonchev–Trinajstić information content (AvgIpc) is 2.29. The van der Waals surface area contributed by atoms with Crippen molar-refractivity contribution >= 4 is 41.2 Å². The fraction of sp³-hybridized carbons (Fsp3) is 0.286. The van der Waals surface area contributed by atoms with Gasteiger partial charge in [0.2, 0.25) is 0 Å². The van der Waals surface area contributed by atoms with Crippen molar-refractivity contribution in [1.29, 1.82) is 0 Å². The summed E-state index contributed by atoms with van der Waals surface area (Å²) in [5.74, 6) is -1.29. The molecule has 0 aliphatic carbocycles. The molecule has 0 unspecified atom stereocenters. The molecule has 3 nitrogen and oxygen atoms in total. The lowest BCUT2D eigenvalue weighted by atomic mass is 9.97. The van der Waals surface area contributed by atoms with Crippen LogP contribution in [-0.2, 0) is 14.3 Å². The molecule has 0 heterocycles. The number of benzene rings is 1. The summed E-state index contributed by atoms with van der Waals surface area (Å²) >= 11 is 11.6. The summed E-state index contributed by atoms with van der Waals surface area (Å²) in [5, 5.41) is 0.826. The van der Waals surface area contributed by atoms with Gasteiger partial charge in [-0.15, -0.1) is 0 Å². The van der Waals surface area contributed by atoms with Crippen LogP contribution in [0.3, 0.4) is 0 Å². The first-order valence-electron chi connectivity index (χ1n) is 5.59. The van der Waals surface area contributed by atoms with E-state index in [9.17, 15) is 9.59 Å². The van der Waals surface area contributed by atoms with Gasteiger partial charge in [-0.1, -0.05) is 29.3 Å². The fourth-order valence-electron chi connectivity index (χ4n) is 1.06. The Morgan fingerprint density at radius 3 is 2.32 bits per heavy atom. The molecule has 0 spiro atoms. The lowest BCUT2D eigenvalue weighted by Crippen LogP contribution is -2.25. The number of ether oxygens (including phenoxy) is 1. The Bertz CT molecular complexity index is 528. The predicted octanol–water partition coefficient (Wildman–Crippen LogP) is 4.12. The van der Waals surface area contributed by atoms with Gasteiger partial charge in [-0.25, -0.2) is 4.79 Å². The monoisotopic (exact) mass is 300 g/mol. The number of rotatable bonds is 2. The molecule has 0 atom stereocenters. The highest BCUT2D eigenvalue weighted by atomic mass is 35.5. The lowest BCUT2D eigenvalue weighted by Gasteiger charge is -2.14. The number of halogens is 2. The highest BCUT2D eigenvalue weighted by Gasteiger charge is 2.24. The highest BCUT2D eigenvalue weighted by Crippen LogP contribution is 2.23. The van der Waals surface area contributed by atoms with Crippen molar-refractivity contribution in [2.24, 2.45) is 5.41 Å². The molecule has 1 aromatic carbocycles. The molecule has 0 aromatic heterocycles. The van der Waals surface area contributed by atoms with E-state index in [1.165, 1.54) is 12.2 Å². The number of carbonyl (C=O) groups is 2. The van der Waals surface area contributed by atoms with E-state index in [1.54, 1.807) is 39.0 Å². The van der Waals surface area contributed by atoms with Crippen molar-refractivity contribution in [3.63, 3.8) is 0 Å². The van der Waals surface area contributed by atoms with E-state index in [0.717, 1.165) is 0 Å². The molecule has 19 heavy (non-hydrogen) atoms. The van der Waals surface area contributed by atoms with Gasteiger partial charge in [0, 0.05) is 6.08 Å². The standard InChI is InChI=1S/C14H14Cl2O3/c1-14(2,3)13(18)19-12(17)7-5-9-4-6-10(15)11(16)8-9/h4-8H,1-3H3/b7-5+.